The molecule has 4 heterocycles. The van der Waals surface area contributed by atoms with Gasteiger partial charge in [0.25, 0.3) is 0 Å². The minimum atomic E-state index is -0.987. The third kappa shape index (κ3) is 8.46. The van der Waals surface area contributed by atoms with Gasteiger partial charge in [-0.3, -0.25) is 0 Å². The van der Waals surface area contributed by atoms with E-state index in [0.717, 1.165) is 11.1 Å². The Labute approximate surface area is 280 Å². The van der Waals surface area contributed by atoms with Gasteiger partial charge in [0.15, 0.2) is 0 Å². The van der Waals surface area contributed by atoms with Crippen LogP contribution < -0.4 is 0 Å². The SMILES string of the molecule is CC1(COCC(COCC2(C)COC2)(OC(COCC2(C)COC2)(COCC2(C)COC2)c2ccccc2)c2ccccc2)COC1. The fourth-order valence-corrected chi connectivity index (χ4v) is 6.49. The summed E-state index contributed by atoms with van der Waals surface area (Å²) in [5.74, 6) is 0. The van der Waals surface area contributed by atoms with Gasteiger partial charge in [-0.25, -0.2) is 0 Å². The van der Waals surface area contributed by atoms with E-state index in [9.17, 15) is 0 Å². The summed E-state index contributed by atoms with van der Waals surface area (Å²) in [5.41, 5.74) is -0.121. The highest BCUT2D eigenvalue weighted by Gasteiger charge is 2.48. The van der Waals surface area contributed by atoms with E-state index >= 15 is 0 Å². The molecule has 0 spiro atoms. The summed E-state index contributed by atoms with van der Waals surface area (Å²) < 4.78 is 56.2. The van der Waals surface area contributed by atoms with Gasteiger partial charge in [-0.2, -0.15) is 0 Å². The smallest absolute Gasteiger partial charge is 0.141 e. The monoisotopic (exact) mass is 654 g/mol. The molecule has 47 heavy (non-hydrogen) atoms. The molecule has 0 aliphatic carbocycles. The molecule has 2 aromatic carbocycles. The standard InChI is InChI=1S/C38H54O9/c1-33(15-39-16-33)23-43-27-37(31-11-7-5-8-12-31,28-44-24-34(2)17-40-18-34)47-38(32-13-9-6-10-14-32,29-45-25-35(3)19-41-20-35)30-46-26-36(4)21-42-22-36/h5-14H,15-30H2,1-4H3. The van der Waals surface area contributed by atoms with E-state index in [0.29, 0.717) is 79.3 Å². The molecule has 0 atom stereocenters. The lowest BCUT2D eigenvalue weighted by Crippen LogP contribution is -2.54. The van der Waals surface area contributed by atoms with Crippen LogP contribution in [0.4, 0.5) is 0 Å². The molecule has 260 valence electrons. The highest BCUT2D eigenvalue weighted by molar-refractivity contribution is 5.27. The molecule has 2 aromatic rings. The molecule has 4 aliphatic heterocycles. The third-order valence-corrected chi connectivity index (χ3v) is 9.74. The molecule has 0 unspecified atom stereocenters. The van der Waals surface area contributed by atoms with Crippen molar-refractivity contribution in [2.45, 2.75) is 38.9 Å². The molecule has 0 amide bonds. The van der Waals surface area contributed by atoms with Gasteiger partial charge in [0, 0.05) is 21.7 Å². The van der Waals surface area contributed by atoms with E-state index in [-0.39, 0.29) is 48.1 Å². The van der Waals surface area contributed by atoms with Gasteiger partial charge in [0.1, 0.15) is 11.2 Å². The van der Waals surface area contributed by atoms with E-state index in [1.165, 1.54) is 0 Å². The highest BCUT2D eigenvalue weighted by Crippen LogP contribution is 2.41. The lowest BCUT2D eigenvalue weighted by Gasteiger charge is -2.47. The number of ether oxygens (including phenoxy) is 9. The first kappa shape index (κ1) is 34.9. The summed E-state index contributed by atoms with van der Waals surface area (Å²) in [6.07, 6.45) is 0. The molecule has 0 N–H and O–H groups in total. The summed E-state index contributed by atoms with van der Waals surface area (Å²) in [4.78, 5) is 0. The van der Waals surface area contributed by atoms with E-state index in [2.05, 4.69) is 52.0 Å². The number of benzene rings is 2. The number of hydrogen-bond donors (Lipinski definition) is 0. The molecule has 0 aromatic heterocycles. The van der Waals surface area contributed by atoms with E-state index < -0.39 is 11.2 Å². The number of hydrogen-bond acceptors (Lipinski definition) is 9. The van der Waals surface area contributed by atoms with Crippen molar-refractivity contribution in [3.05, 3.63) is 71.8 Å². The molecular weight excluding hydrogens is 600 g/mol. The van der Waals surface area contributed by atoms with Gasteiger partial charge < -0.3 is 42.6 Å². The van der Waals surface area contributed by atoms with Crippen LogP contribution in [0.25, 0.3) is 0 Å². The first-order valence-corrected chi connectivity index (χ1v) is 17.0. The Morgan fingerprint density at radius 3 is 0.915 bits per heavy atom. The molecule has 9 nitrogen and oxygen atoms in total. The molecule has 0 radical (unpaired) electrons. The van der Waals surface area contributed by atoms with Crippen LogP contribution in [0.1, 0.15) is 38.8 Å². The van der Waals surface area contributed by atoms with Gasteiger partial charge in [0.2, 0.25) is 0 Å². The fourth-order valence-electron chi connectivity index (χ4n) is 6.49. The maximum atomic E-state index is 7.64. The van der Waals surface area contributed by atoms with Crippen molar-refractivity contribution in [2.24, 2.45) is 21.7 Å². The fraction of sp³-hybridized carbons (Fsp3) is 0.684. The van der Waals surface area contributed by atoms with Crippen LogP contribution in [-0.2, 0) is 53.8 Å². The van der Waals surface area contributed by atoms with Crippen molar-refractivity contribution in [3.63, 3.8) is 0 Å². The molecule has 0 bridgehead atoms. The summed E-state index contributed by atoms with van der Waals surface area (Å²) in [6, 6.07) is 20.6. The first-order valence-electron chi connectivity index (χ1n) is 17.0. The maximum absolute atomic E-state index is 7.64. The van der Waals surface area contributed by atoms with E-state index in [1.54, 1.807) is 0 Å². The third-order valence-electron chi connectivity index (χ3n) is 9.74. The Kier molecular flexibility index (Phi) is 10.8. The normalized spacial score (nSPS) is 22.4. The molecule has 0 saturated carbocycles. The molecule has 4 fully saturated rings. The predicted molar refractivity (Wildman–Crippen MR) is 176 cm³/mol. The van der Waals surface area contributed by atoms with E-state index in [4.69, 9.17) is 42.6 Å². The lowest BCUT2D eigenvalue weighted by molar-refractivity contribution is -0.267. The number of rotatable bonds is 20. The molecule has 6 rings (SSSR count). The molecule has 9 heteroatoms. The Hall–Kier alpha value is -1.92. The molecule has 4 aliphatic rings. The Morgan fingerprint density at radius 1 is 0.447 bits per heavy atom. The second-order valence-electron chi connectivity index (χ2n) is 16.0. The zero-order valence-corrected chi connectivity index (χ0v) is 28.8. The average Bonchev–Trinajstić information content (AvgIpc) is 3.02. The van der Waals surface area contributed by atoms with Crippen LogP contribution in [0.2, 0.25) is 0 Å². The van der Waals surface area contributed by atoms with E-state index in [1.807, 2.05) is 36.4 Å². The summed E-state index contributed by atoms with van der Waals surface area (Å²) >= 11 is 0. The quantitative estimate of drug-likeness (QED) is 0.196. The maximum Gasteiger partial charge on any atom is 0.141 e. The van der Waals surface area contributed by atoms with Gasteiger partial charge >= 0.3 is 0 Å². The predicted octanol–water partition coefficient (Wildman–Crippen LogP) is 5.01. The topological polar surface area (TPSA) is 83.1 Å². The Morgan fingerprint density at radius 2 is 0.702 bits per heavy atom. The second-order valence-corrected chi connectivity index (χ2v) is 16.0. The summed E-state index contributed by atoms with van der Waals surface area (Å²) in [6.45, 7) is 17.6. The molecular formula is C38H54O9. The largest absolute Gasteiger partial charge is 0.380 e. The van der Waals surface area contributed by atoms with Gasteiger partial charge in [-0.05, 0) is 11.1 Å². The van der Waals surface area contributed by atoms with Crippen LogP contribution >= 0.6 is 0 Å². The zero-order chi connectivity index (χ0) is 32.9. The minimum absolute atomic E-state index is 0.0245. The minimum Gasteiger partial charge on any atom is -0.380 e. The van der Waals surface area contributed by atoms with Crippen molar-refractivity contribution in [1.29, 1.82) is 0 Å². The van der Waals surface area contributed by atoms with Gasteiger partial charge in [-0.15, -0.1) is 0 Å². The summed E-state index contributed by atoms with van der Waals surface area (Å²) in [5, 5.41) is 0. The zero-order valence-electron chi connectivity index (χ0n) is 28.8. The van der Waals surface area contributed by atoms with Crippen LogP contribution in [0, 0.1) is 21.7 Å². The van der Waals surface area contributed by atoms with Crippen molar-refractivity contribution in [3.8, 4) is 0 Å². The highest BCUT2D eigenvalue weighted by atomic mass is 16.6. The van der Waals surface area contributed by atoms with Crippen molar-refractivity contribution < 1.29 is 42.6 Å². The Balaban J connectivity index is 1.35. The average molecular weight is 655 g/mol. The van der Waals surface area contributed by atoms with Crippen LogP contribution in [0.5, 0.6) is 0 Å². The second kappa shape index (κ2) is 14.5. The van der Waals surface area contributed by atoms with Crippen LogP contribution in [0.3, 0.4) is 0 Å². The lowest BCUT2D eigenvalue weighted by atomic mass is 9.87. The van der Waals surface area contributed by atoms with Gasteiger partial charge in [0.05, 0.1) is 106 Å². The van der Waals surface area contributed by atoms with Crippen molar-refractivity contribution >= 4 is 0 Å². The summed E-state index contributed by atoms with van der Waals surface area (Å²) in [7, 11) is 0. The molecule has 4 saturated heterocycles. The van der Waals surface area contributed by atoms with Crippen LogP contribution in [0.15, 0.2) is 60.7 Å². The van der Waals surface area contributed by atoms with Gasteiger partial charge in [-0.1, -0.05) is 88.4 Å². The van der Waals surface area contributed by atoms with Crippen molar-refractivity contribution in [1.82, 2.24) is 0 Å². The Bertz CT molecular complexity index is 1100. The first-order chi connectivity index (χ1) is 22.6. The van der Waals surface area contributed by atoms with Crippen LogP contribution in [-0.4, -0.2) is 106 Å². The van der Waals surface area contributed by atoms with Crippen molar-refractivity contribution in [2.75, 3.05) is 106 Å².